The average molecular weight is 1380 g/mol. The van der Waals surface area contributed by atoms with Gasteiger partial charge in [0.25, 0.3) is 22.2 Å². The van der Waals surface area contributed by atoms with Gasteiger partial charge >= 0.3 is 54.0 Å². The molecule has 40 nitrogen and oxygen atoms in total. The van der Waals surface area contributed by atoms with Crippen molar-refractivity contribution in [2.24, 2.45) is 0 Å². The molecular weight excluding hydrogens is 1310 g/mol. The van der Waals surface area contributed by atoms with Gasteiger partial charge in [-0.05, 0) is 27.7 Å². The Morgan fingerprint density at radius 3 is 1.11 bits per heavy atom. The van der Waals surface area contributed by atoms with E-state index in [9.17, 15) is 81.3 Å². The minimum absolute atomic E-state index is 0.00446. The van der Waals surface area contributed by atoms with E-state index in [1.165, 1.54) is 41.0 Å². The number of hydrogen-bond donors (Lipinski definition) is 10. The molecule has 4 aromatic rings. The Bertz CT molecular complexity index is 3920. The summed E-state index contributed by atoms with van der Waals surface area (Å²) in [6, 6.07) is 0. The normalized spacial score (nSPS) is 27.8. The first-order valence-electron chi connectivity index (χ1n) is 27.7. The monoisotopic (exact) mass is 1380 g/mol. The smallest absolute Gasteiger partial charge is 0.390 e. The molecule has 0 bridgehead atoms. The van der Waals surface area contributed by atoms with Gasteiger partial charge < -0.3 is 57.8 Å². The van der Waals surface area contributed by atoms with E-state index in [-0.39, 0.29) is 55.0 Å². The van der Waals surface area contributed by atoms with E-state index in [0.717, 1.165) is 36.9 Å². The Morgan fingerprint density at radius 2 is 0.758 bits per heavy atom. The fourth-order valence-electron chi connectivity index (χ4n) is 9.68. The fraction of sp³-hybridized carbons (Fsp3) is 0.660. The highest BCUT2D eigenvalue weighted by molar-refractivity contribution is 7.50. The predicted octanol–water partition coefficient (Wildman–Crippen LogP) is -2.18. The van der Waals surface area contributed by atoms with E-state index in [1.807, 2.05) is 0 Å². The lowest BCUT2D eigenvalue weighted by Crippen LogP contribution is -2.33. The Kier molecular flexibility index (Phi) is 24.0. The molecule has 10 N–H and O–H groups in total. The molecule has 4 fully saturated rings. The topological polar surface area (TPSA) is 530 Å². The number of hydrogen-bond acceptors (Lipinski definition) is 27. The number of ether oxygens (including phenoxy) is 7. The molecule has 0 saturated carbocycles. The van der Waals surface area contributed by atoms with Gasteiger partial charge in [-0.25, -0.2) is 42.5 Å². The minimum atomic E-state index is -5.52. The number of aliphatic hydroxyl groups is 1. The van der Waals surface area contributed by atoms with Gasteiger partial charge in [-0.2, -0.15) is 0 Å². The van der Waals surface area contributed by atoms with E-state index in [1.54, 1.807) is 0 Å². The van der Waals surface area contributed by atoms with Crippen LogP contribution in [0.15, 0.2) is 63.1 Å². The zero-order valence-electron chi connectivity index (χ0n) is 49.1. The molecule has 4 aliphatic heterocycles. The Hall–Kier alpha value is -5.16. The first-order valence-corrected chi connectivity index (χ1v) is 33.8. The number of aryl methyl sites for hydroxylation is 4. The van der Waals surface area contributed by atoms with E-state index in [0.29, 0.717) is 13.2 Å². The number of phosphoric ester groups is 3. The molecular formula is C47H69N9O31P4. The summed E-state index contributed by atoms with van der Waals surface area (Å²) in [5, 5.41) is 13.0. The van der Waals surface area contributed by atoms with Crippen molar-refractivity contribution in [2.45, 2.75) is 127 Å². The molecule has 4 saturated heterocycles. The molecule has 508 valence electrons. The lowest BCUT2D eigenvalue weighted by atomic mass is 10.2. The number of aliphatic hydroxyl groups excluding tert-OH is 1. The summed E-state index contributed by atoms with van der Waals surface area (Å²) in [7, 11) is -19.4. The largest absolute Gasteiger partial charge is 0.472 e. The van der Waals surface area contributed by atoms with Crippen LogP contribution in [0.25, 0.3) is 0 Å². The van der Waals surface area contributed by atoms with Crippen LogP contribution in [-0.4, -0.2) is 185 Å². The third-order valence-electron chi connectivity index (χ3n) is 14.4. The number of aromatic amines is 4. The van der Waals surface area contributed by atoms with Crippen molar-refractivity contribution in [2.75, 3.05) is 73.1 Å². The molecule has 0 spiro atoms. The number of rotatable bonds is 32. The molecule has 16 unspecified atom stereocenters. The number of methoxy groups -OCH3 is 1. The van der Waals surface area contributed by atoms with E-state index >= 15 is 0 Å². The van der Waals surface area contributed by atoms with Crippen molar-refractivity contribution in [3.8, 4) is 0 Å². The highest BCUT2D eigenvalue weighted by atomic mass is 31.2. The molecule has 0 aliphatic carbocycles. The van der Waals surface area contributed by atoms with Crippen molar-refractivity contribution in [1.29, 1.82) is 0 Å². The van der Waals surface area contributed by atoms with E-state index in [4.69, 9.17) is 64.8 Å². The zero-order chi connectivity index (χ0) is 66.3. The summed E-state index contributed by atoms with van der Waals surface area (Å²) >= 11 is 0. The molecule has 0 radical (unpaired) electrons. The van der Waals surface area contributed by atoms with Gasteiger partial charge in [-0.15, -0.1) is 0 Å². The summed E-state index contributed by atoms with van der Waals surface area (Å²) < 4.78 is 135. The Labute approximate surface area is 511 Å². The van der Waals surface area contributed by atoms with Gasteiger partial charge in [0.05, 0.1) is 65.6 Å². The maximum atomic E-state index is 14.0. The van der Waals surface area contributed by atoms with Crippen LogP contribution in [0.1, 0.15) is 72.8 Å². The second-order valence-corrected chi connectivity index (χ2v) is 26.9. The van der Waals surface area contributed by atoms with Crippen molar-refractivity contribution in [3.63, 3.8) is 0 Å². The van der Waals surface area contributed by atoms with Crippen LogP contribution in [0.3, 0.4) is 0 Å². The molecule has 44 heteroatoms. The molecule has 0 aromatic carbocycles. The molecule has 0 amide bonds. The van der Waals surface area contributed by atoms with Crippen molar-refractivity contribution < 1.29 is 108 Å². The lowest BCUT2D eigenvalue weighted by molar-refractivity contribution is -0.0637. The summed E-state index contributed by atoms with van der Waals surface area (Å²) in [4.78, 5) is 153. The lowest BCUT2D eigenvalue weighted by Gasteiger charge is -2.25. The first-order chi connectivity index (χ1) is 42.8. The average Bonchev–Trinajstić information content (AvgIpc) is 2.25. The molecule has 16 atom stereocenters. The van der Waals surface area contributed by atoms with Crippen LogP contribution in [0.2, 0.25) is 0 Å². The maximum Gasteiger partial charge on any atom is 0.472 e. The zero-order valence-corrected chi connectivity index (χ0v) is 52.6. The Balaban J connectivity index is 0.955. The summed E-state index contributed by atoms with van der Waals surface area (Å²) in [6.45, 7) is 2.45. The minimum Gasteiger partial charge on any atom is -0.390 e. The molecule has 4 aromatic heterocycles. The van der Waals surface area contributed by atoms with Gasteiger partial charge in [0, 0.05) is 86.4 Å². The summed E-state index contributed by atoms with van der Waals surface area (Å²) in [6.07, 6.45) is -15.4. The number of phosphoric acid groups is 3. The number of nitrogens with one attached hydrogen (secondary N) is 5. The predicted molar refractivity (Wildman–Crippen MR) is 304 cm³/mol. The Morgan fingerprint density at radius 1 is 0.462 bits per heavy atom. The first kappa shape index (κ1) is 71.7. The second-order valence-electron chi connectivity index (χ2n) is 21.1. The van der Waals surface area contributed by atoms with Crippen molar-refractivity contribution >= 4 is 31.2 Å². The number of H-pyrrole nitrogens is 4. The summed E-state index contributed by atoms with van der Waals surface area (Å²) in [5.74, 6) is 0. The van der Waals surface area contributed by atoms with Crippen LogP contribution >= 0.6 is 31.2 Å². The SMILES string of the molecule is COCCOCCOCCNP(=O)(O)OCC1OC(n2cc(C)c(=O)[nH]c2=O)CC1OP(=O)(O)OCC1OC(n2cc(C)c(=O)[nH]c2=O)CC1OP(=O)(O)OCC1OC(n2cc(C)c(=O)[nH]c2=O)CC1OP(=O)(O)OCC1OC(n2cc(C)c(=O)[nH]c2=O)CC1O. The third kappa shape index (κ3) is 19.3. The quantitative estimate of drug-likeness (QED) is 0.0184. The van der Waals surface area contributed by atoms with Crippen LogP contribution < -0.4 is 50.1 Å². The van der Waals surface area contributed by atoms with Crippen LogP contribution in [0.5, 0.6) is 0 Å². The highest BCUT2D eigenvalue weighted by Crippen LogP contribution is 2.54. The van der Waals surface area contributed by atoms with Gasteiger partial charge in [0.1, 0.15) is 67.6 Å². The van der Waals surface area contributed by atoms with Crippen LogP contribution in [-0.2, 0) is 83.1 Å². The van der Waals surface area contributed by atoms with Gasteiger partial charge in [0.2, 0.25) is 0 Å². The molecule has 91 heavy (non-hydrogen) atoms. The highest BCUT2D eigenvalue weighted by Gasteiger charge is 2.49. The standard InChI is InChI=1S/C47H69N9O31P4/c1-24-16-53(44(62)49-40(24)58)36-12-28(57)32(81-36)20-78-89(68,69)86-30-14-38(55-18-26(3)42(60)51-46(55)64)83-34(30)22-80-91(72,73)87-31-15-39(56-19-27(4)43(61)52-47(56)65)84-35(31)23-79-90(70,71)85-29-13-37(54-17-25(2)41(59)50-45(54)63)82-33(29)21-77-88(66,67)48-6-7-75-10-11-76-9-8-74-5/h16-19,28-39,57H,6-15,20-23H2,1-5H3,(H,68,69)(H,70,71)(H,72,73)(H2,48,66,67)(H,49,58,62)(H,50,59,63)(H,51,60,64)(H,52,61,65). The van der Waals surface area contributed by atoms with Gasteiger partial charge in [-0.1, -0.05) is 0 Å². The number of aromatic nitrogens is 8. The fourth-order valence-corrected chi connectivity index (χ4v) is 13.4. The molecule has 8 heterocycles. The van der Waals surface area contributed by atoms with Crippen LogP contribution in [0, 0.1) is 27.7 Å². The van der Waals surface area contributed by atoms with Crippen molar-refractivity contribution in [3.05, 3.63) is 130 Å². The molecule has 8 rings (SSSR count). The summed E-state index contributed by atoms with van der Waals surface area (Å²) in [5.41, 5.74) is -6.63. The van der Waals surface area contributed by atoms with Gasteiger partial charge in [-0.3, -0.25) is 89.0 Å². The maximum absolute atomic E-state index is 14.0. The van der Waals surface area contributed by atoms with E-state index in [2.05, 4.69) is 25.0 Å². The number of nitrogens with zero attached hydrogens (tertiary/aromatic N) is 4. The molecule has 4 aliphatic rings. The second kappa shape index (κ2) is 30.5. The van der Waals surface area contributed by atoms with Gasteiger partial charge in [0.15, 0.2) is 0 Å². The van der Waals surface area contributed by atoms with Crippen LogP contribution in [0.4, 0.5) is 0 Å². The third-order valence-corrected chi connectivity index (χ3v) is 18.5. The van der Waals surface area contributed by atoms with E-state index < -0.39 is 196 Å². The van der Waals surface area contributed by atoms with Crippen molar-refractivity contribution in [1.82, 2.24) is 43.3 Å².